The van der Waals surface area contributed by atoms with Crippen LogP contribution in [0.3, 0.4) is 0 Å². The number of hydrogen-bond donors (Lipinski definition) is 0. The molecule has 3 heteroatoms. The normalized spacial score (nSPS) is 11.4. The number of aliphatic imine (C=N–C) groups is 1. The molecule has 0 spiro atoms. The zero-order valence-corrected chi connectivity index (χ0v) is 8.90. The van der Waals surface area contributed by atoms with Crippen molar-refractivity contribution in [2.75, 3.05) is 6.26 Å². The average molecular weight is 212 g/mol. The quantitative estimate of drug-likeness (QED) is 0.538. The van der Waals surface area contributed by atoms with Crippen molar-refractivity contribution in [1.29, 1.82) is 0 Å². The maximum Gasteiger partial charge on any atom is 0.104 e. The van der Waals surface area contributed by atoms with Crippen LogP contribution in [0.15, 0.2) is 42.0 Å². The summed E-state index contributed by atoms with van der Waals surface area (Å²) in [5.74, 6) is 0. The molecule has 13 heavy (non-hydrogen) atoms. The Labute approximate surface area is 87.5 Å². The van der Waals surface area contributed by atoms with Gasteiger partial charge in [0.1, 0.15) is 5.04 Å². The fraction of sp³-hybridized carbons (Fsp3) is 0.100. The minimum absolute atomic E-state index is 0.720. The summed E-state index contributed by atoms with van der Waals surface area (Å²) < 4.78 is 0. The van der Waals surface area contributed by atoms with Crippen molar-refractivity contribution in [3.8, 4) is 0 Å². The maximum absolute atomic E-state index is 6.01. The lowest BCUT2D eigenvalue weighted by Gasteiger charge is -2.03. The molecule has 0 fully saturated rings. The standard InChI is InChI=1S/C10H10ClNS/c1-3-12-10(13-2)8-6-4-5-7-9(8)11/h3-7H,1H2,2H3. The lowest BCUT2D eigenvalue weighted by molar-refractivity contribution is 1.57. The third kappa shape index (κ3) is 2.61. The van der Waals surface area contributed by atoms with Gasteiger partial charge in [0.05, 0.1) is 5.02 Å². The molecule has 0 saturated carbocycles. The number of benzene rings is 1. The summed E-state index contributed by atoms with van der Waals surface area (Å²) in [6.07, 6.45) is 3.49. The van der Waals surface area contributed by atoms with E-state index in [4.69, 9.17) is 11.6 Å². The van der Waals surface area contributed by atoms with Gasteiger partial charge in [-0.15, -0.1) is 11.8 Å². The molecule has 0 aliphatic rings. The van der Waals surface area contributed by atoms with Gasteiger partial charge in [-0.05, 0) is 12.3 Å². The van der Waals surface area contributed by atoms with E-state index in [1.165, 1.54) is 6.20 Å². The molecule has 0 aliphatic carbocycles. The van der Waals surface area contributed by atoms with Gasteiger partial charge in [0, 0.05) is 11.8 Å². The highest BCUT2D eigenvalue weighted by Gasteiger charge is 2.04. The zero-order valence-electron chi connectivity index (χ0n) is 7.33. The lowest BCUT2D eigenvalue weighted by atomic mass is 10.2. The first-order valence-electron chi connectivity index (χ1n) is 3.77. The topological polar surface area (TPSA) is 12.4 Å². The van der Waals surface area contributed by atoms with Gasteiger partial charge in [-0.2, -0.15) is 0 Å². The number of rotatable bonds is 2. The van der Waals surface area contributed by atoms with Gasteiger partial charge in [0.15, 0.2) is 0 Å². The van der Waals surface area contributed by atoms with Crippen molar-refractivity contribution in [2.24, 2.45) is 4.99 Å². The summed E-state index contributed by atoms with van der Waals surface area (Å²) in [6.45, 7) is 3.56. The summed E-state index contributed by atoms with van der Waals surface area (Å²) in [4.78, 5) is 4.13. The second kappa shape index (κ2) is 5.10. The van der Waals surface area contributed by atoms with Crippen LogP contribution in [0.4, 0.5) is 0 Å². The first-order valence-corrected chi connectivity index (χ1v) is 5.37. The Hall–Kier alpha value is -0.730. The number of nitrogens with zero attached hydrogens (tertiary/aromatic N) is 1. The minimum Gasteiger partial charge on any atom is -0.250 e. The van der Waals surface area contributed by atoms with Crippen molar-refractivity contribution in [3.05, 3.63) is 47.6 Å². The van der Waals surface area contributed by atoms with E-state index in [-0.39, 0.29) is 0 Å². The van der Waals surface area contributed by atoms with Gasteiger partial charge in [-0.3, -0.25) is 0 Å². The summed E-state index contributed by atoms with van der Waals surface area (Å²) in [5, 5.41) is 1.61. The molecule has 1 aromatic carbocycles. The van der Waals surface area contributed by atoms with Gasteiger partial charge in [-0.1, -0.05) is 36.4 Å². The monoisotopic (exact) mass is 211 g/mol. The van der Waals surface area contributed by atoms with E-state index >= 15 is 0 Å². The van der Waals surface area contributed by atoms with Crippen LogP contribution in [-0.4, -0.2) is 11.3 Å². The van der Waals surface area contributed by atoms with Gasteiger partial charge in [0.25, 0.3) is 0 Å². The Morgan fingerprint density at radius 2 is 2.23 bits per heavy atom. The highest BCUT2D eigenvalue weighted by Crippen LogP contribution is 2.20. The number of halogens is 1. The van der Waals surface area contributed by atoms with Crippen molar-refractivity contribution in [3.63, 3.8) is 0 Å². The van der Waals surface area contributed by atoms with Crippen LogP contribution in [0.25, 0.3) is 0 Å². The van der Waals surface area contributed by atoms with E-state index in [9.17, 15) is 0 Å². The fourth-order valence-electron chi connectivity index (χ4n) is 0.950. The van der Waals surface area contributed by atoms with Crippen LogP contribution in [0, 0.1) is 0 Å². The summed E-state index contributed by atoms with van der Waals surface area (Å²) in [5.41, 5.74) is 0.955. The van der Waals surface area contributed by atoms with Crippen LogP contribution in [0.5, 0.6) is 0 Å². The highest BCUT2D eigenvalue weighted by molar-refractivity contribution is 8.13. The lowest BCUT2D eigenvalue weighted by Crippen LogP contribution is -1.94. The number of thioether (sulfide) groups is 1. The third-order valence-electron chi connectivity index (χ3n) is 1.51. The molecule has 0 saturated heterocycles. The summed E-state index contributed by atoms with van der Waals surface area (Å²) >= 11 is 7.56. The van der Waals surface area contributed by atoms with Crippen molar-refractivity contribution in [1.82, 2.24) is 0 Å². The Morgan fingerprint density at radius 1 is 1.54 bits per heavy atom. The molecule has 1 aromatic rings. The van der Waals surface area contributed by atoms with Gasteiger partial charge >= 0.3 is 0 Å². The van der Waals surface area contributed by atoms with E-state index in [0.717, 1.165) is 15.6 Å². The Bertz CT molecular complexity index is 333. The summed E-state index contributed by atoms with van der Waals surface area (Å²) in [7, 11) is 0. The first kappa shape index (κ1) is 10.4. The maximum atomic E-state index is 6.01. The van der Waals surface area contributed by atoms with E-state index in [1.54, 1.807) is 11.8 Å². The van der Waals surface area contributed by atoms with Crippen molar-refractivity contribution in [2.45, 2.75) is 0 Å². The SMILES string of the molecule is C=CN=C(SC)c1ccccc1Cl. The fourth-order valence-corrected chi connectivity index (χ4v) is 1.81. The molecule has 0 amide bonds. The van der Waals surface area contributed by atoms with Crippen LogP contribution in [0.2, 0.25) is 5.02 Å². The molecule has 0 bridgehead atoms. The largest absolute Gasteiger partial charge is 0.250 e. The zero-order chi connectivity index (χ0) is 9.68. The first-order chi connectivity index (χ1) is 6.29. The van der Waals surface area contributed by atoms with E-state index in [1.807, 2.05) is 30.5 Å². The molecule has 0 radical (unpaired) electrons. The molecule has 0 unspecified atom stereocenters. The highest BCUT2D eigenvalue weighted by atomic mass is 35.5. The van der Waals surface area contributed by atoms with Gasteiger partial charge in [0.2, 0.25) is 0 Å². The van der Waals surface area contributed by atoms with E-state index < -0.39 is 0 Å². The molecule has 1 rings (SSSR count). The van der Waals surface area contributed by atoms with Gasteiger partial charge < -0.3 is 0 Å². The third-order valence-corrected chi connectivity index (χ3v) is 2.55. The predicted molar refractivity (Wildman–Crippen MR) is 61.7 cm³/mol. The van der Waals surface area contributed by atoms with Crippen molar-refractivity contribution < 1.29 is 0 Å². The second-order valence-corrected chi connectivity index (χ2v) is 3.50. The molecule has 0 heterocycles. The second-order valence-electron chi connectivity index (χ2n) is 2.30. The van der Waals surface area contributed by atoms with Crippen LogP contribution < -0.4 is 0 Å². The molecule has 68 valence electrons. The Morgan fingerprint density at radius 3 is 2.77 bits per heavy atom. The van der Waals surface area contributed by atoms with Crippen LogP contribution in [0.1, 0.15) is 5.56 Å². The molecule has 0 N–H and O–H groups in total. The predicted octanol–water partition coefficient (Wildman–Crippen LogP) is 3.59. The minimum atomic E-state index is 0.720. The molecule has 1 nitrogen and oxygen atoms in total. The van der Waals surface area contributed by atoms with Crippen LogP contribution >= 0.6 is 23.4 Å². The van der Waals surface area contributed by atoms with E-state index in [2.05, 4.69) is 11.6 Å². The Balaban J connectivity index is 3.12. The van der Waals surface area contributed by atoms with Gasteiger partial charge in [-0.25, -0.2) is 4.99 Å². The molecule has 0 aromatic heterocycles. The molecule has 0 atom stereocenters. The Kier molecular flexibility index (Phi) is 4.06. The van der Waals surface area contributed by atoms with Crippen molar-refractivity contribution >= 4 is 28.4 Å². The molecule has 0 aliphatic heterocycles. The smallest absolute Gasteiger partial charge is 0.104 e. The molecular weight excluding hydrogens is 202 g/mol. The molecular formula is C10H10ClNS. The average Bonchev–Trinajstić information content (AvgIpc) is 2.16. The van der Waals surface area contributed by atoms with E-state index in [0.29, 0.717) is 0 Å². The van der Waals surface area contributed by atoms with Crippen LogP contribution in [-0.2, 0) is 0 Å². The summed E-state index contributed by atoms with van der Waals surface area (Å²) in [6, 6.07) is 7.64. The number of hydrogen-bond acceptors (Lipinski definition) is 2.